The molecular weight excluding hydrogens is 276 g/mol. The number of rotatable bonds is 2. The van der Waals surface area contributed by atoms with Gasteiger partial charge in [-0.2, -0.15) is 4.98 Å². The number of nitrogens with one attached hydrogen (secondary N) is 1. The average molecular weight is 287 g/mol. The largest absolute Gasteiger partial charge is 0.322 e. The monoisotopic (exact) mass is 286 g/mol. The minimum absolute atomic E-state index is 0.0409. The molecule has 0 fully saturated rings. The Morgan fingerprint density at radius 2 is 1.95 bits per heavy atom. The molecule has 1 aromatic carbocycles. The lowest BCUT2D eigenvalue weighted by atomic mass is 10.2. The van der Waals surface area contributed by atoms with E-state index in [1.54, 1.807) is 11.6 Å². The Morgan fingerprint density at radius 1 is 1.20 bits per heavy atom. The lowest BCUT2D eigenvalue weighted by Gasteiger charge is -1.96. The molecule has 0 atom stereocenters. The molecule has 0 spiro atoms. The minimum Gasteiger partial charge on any atom is -0.322 e. The van der Waals surface area contributed by atoms with Gasteiger partial charge in [0.1, 0.15) is 5.82 Å². The fourth-order valence-electron chi connectivity index (χ4n) is 1.99. The van der Waals surface area contributed by atoms with Gasteiger partial charge in [-0.15, -0.1) is 0 Å². The van der Waals surface area contributed by atoms with E-state index in [9.17, 15) is 4.79 Å². The van der Waals surface area contributed by atoms with Crippen LogP contribution in [-0.2, 0) is 7.05 Å². The van der Waals surface area contributed by atoms with Crippen LogP contribution in [0.4, 0.5) is 0 Å². The van der Waals surface area contributed by atoms with Gasteiger partial charge in [0, 0.05) is 7.05 Å². The molecule has 5 nitrogen and oxygen atoms in total. The maximum atomic E-state index is 11.8. The number of fused-ring (bicyclic) bond motifs is 1. The summed E-state index contributed by atoms with van der Waals surface area (Å²) >= 11 is 5.72. The third-order valence-electron chi connectivity index (χ3n) is 2.97. The molecule has 3 rings (SSSR count). The summed E-state index contributed by atoms with van der Waals surface area (Å²) in [4.78, 5) is 22.6. The van der Waals surface area contributed by atoms with E-state index in [0.29, 0.717) is 17.0 Å². The fraction of sp³-hybridized carbons (Fsp3) is 0.0714. The van der Waals surface area contributed by atoms with Crippen molar-refractivity contribution in [2.75, 3.05) is 0 Å². The van der Waals surface area contributed by atoms with Crippen molar-refractivity contribution in [3.8, 4) is 0 Å². The van der Waals surface area contributed by atoms with Gasteiger partial charge in [0.05, 0.1) is 0 Å². The van der Waals surface area contributed by atoms with Crippen LogP contribution in [0.3, 0.4) is 0 Å². The highest BCUT2D eigenvalue weighted by Crippen LogP contribution is 2.13. The van der Waals surface area contributed by atoms with E-state index in [2.05, 4.69) is 15.0 Å². The lowest BCUT2D eigenvalue weighted by molar-refractivity contribution is 0.922. The topological polar surface area (TPSA) is 63.6 Å². The normalized spacial score (nSPS) is 11.5. The molecule has 0 unspecified atom stereocenters. The molecule has 0 aliphatic rings. The van der Waals surface area contributed by atoms with Crippen LogP contribution in [0.1, 0.15) is 11.4 Å². The molecule has 0 aliphatic heterocycles. The van der Waals surface area contributed by atoms with Crippen LogP contribution < -0.4 is 5.56 Å². The Hall–Kier alpha value is -2.40. The highest BCUT2D eigenvalue weighted by molar-refractivity contribution is 6.28. The second kappa shape index (κ2) is 4.94. The van der Waals surface area contributed by atoms with Gasteiger partial charge in [0.25, 0.3) is 5.56 Å². The first-order valence-corrected chi connectivity index (χ1v) is 6.38. The number of aromatic amines is 1. The zero-order valence-corrected chi connectivity index (χ0v) is 11.4. The van der Waals surface area contributed by atoms with Crippen molar-refractivity contribution >= 4 is 34.9 Å². The van der Waals surface area contributed by atoms with Crippen molar-refractivity contribution in [2.24, 2.45) is 7.05 Å². The SMILES string of the molecule is Cn1c(C=Cc2ccccc2)nc2nc(Cl)[nH]c(=O)c21. The predicted molar refractivity (Wildman–Crippen MR) is 79.5 cm³/mol. The van der Waals surface area contributed by atoms with Crippen LogP contribution in [0.25, 0.3) is 23.3 Å². The smallest absolute Gasteiger partial charge is 0.278 e. The van der Waals surface area contributed by atoms with Crippen LogP contribution in [-0.4, -0.2) is 19.5 Å². The van der Waals surface area contributed by atoms with Crippen molar-refractivity contribution in [1.82, 2.24) is 19.5 Å². The van der Waals surface area contributed by atoms with Gasteiger partial charge in [0.15, 0.2) is 11.2 Å². The molecule has 2 heterocycles. The molecular formula is C14H11ClN4O. The molecule has 6 heteroatoms. The summed E-state index contributed by atoms with van der Waals surface area (Å²) in [5, 5.41) is 0.0409. The summed E-state index contributed by atoms with van der Waals surface area (Å²) in [6.45, 7) is 0. The second-order valence-electron chi connectivity index (χ2n) is 4.30. The molecule has 20 heavy (non-hydrogen) atoms. The quantitative estimate of drug-likeness (QED) is 0.736. The molecule has 2 aromatic heterocycles. The number of hydrogen-bond acceptors (Lipinski definition) is 3. The number of aromatic nitrogens is 4. The molecule has 0 bridgehead atoms. The van der Waals surface area contributed by atoms with Gasteiger partial charge in [0.2, 0.25) is 5.28 Å². The Labute approximate surface area is 119 Å². The Morgan fingerprint density at radius 3 is 2.70 bits per heavy atom. The number of benzene rings is 1. The molecule has 100 valence electrons. The summed E-state index contributed by atoms with van der Waals surface area (Å²) in [5.41, 5.74) is 1.50. The lowest BCUT2D eigenvalue weighted by Crippen LogP contribution is -2.10. The number of hydrogen-bond donors (Lipinski definition) is 1. The van der Waals surface area contributed by atoms with E-state index in [4.69, 9.17) is 11.6 Å². The van der Waals surface area contributed by atoms with Crippen molar-refractivity contribution in [3.05, 3.63) is 57.4 Å². The van der Waals surface area contributed by atoms with Crippen molar-refractivity contribution in [1.29, 1.82) is 0 Å². The summed E-state index contributed by atoms with van der Waals surface area (Å²) in [6.07, 6.45) is 3.77. The van der Waals surface area contributed by atoms with Crippen LogP contribution in [0.5, 0.6) is 0 Å². The summed E-state index contributed by atoms with van der Waals surface area (Å²) < 4.78 is 1.69. The maximum Gasteiger partial charge on any atom is 0.278 e. The molecule has 0 radical (unpaired) electrons. The summed E-state index contributed by atoms with van der Waals surface area (Å²) in [6, 6.07) is 9.85. The van der Waals surface area contributed by atoms with E-state index in [0.717, 1.165) is 5.56 Å². The third-order valence-corrected chi connectivity index (χ3v) is 3.15. The van der Waals surface area contributed by atoms with Crippen molar-refractivity contribution in [3.63, 3.8) is 0 Å². The van der Waals surface area contributed by atoms with Crippen LogP contribution in [0.15, 0.2) is 35.1 Å². The zero-order valence-electron chi connectivity index (χ0n) is 10.7. The third kappa shape index (κ3) is 2.23. The number of H-pyrrole nitrogens is 1. The first kappa shape index (κ1) is 12.6. The molecule has 0 amide bonds. The van der Waals surface area contributed by atoms with Gasteiger partial charge >= 0.3 is 0 Å². The zero-order chi connectivity index (χ0) is 14.1. The van der Waals surface area contributed by atoms with E-state index in [1.807, 2.05) is 42.5 Å². The van der Waals surface area contributed by atoms with Gasteiger partial charge in [-0.3, -0.25) is 9.78 Å². The first-order chi connectivity index (χ1) is 9.65. The fourth-order valence-corrected chi connectivity index (χ4v) is 2.16. The number of nitrogens with zero attached hydrogens (tertiary/aromatic N) is 3. The number of halogens is 1. The van der Waals surface area contributed by atoms with Crippen LogP contribution in [0.2, 0.25) is 5.28 Å². The highest BCUT2D eigenvalue weighted by atomic mass is 35.5. The standard InChI is InChI=1S/C14H11ClN4O/c1-19-10(8-7-9-5-3-2-4-6-9)16-12-11(19)13(20)18-14(15)17-12/h2-8H,1H3,(H,17,18,20). The Balaban J connectivity index is 2.09. The predicted octanol–water partition coefficient (Wildman–Crippen LogP) is 2.48. The molecule has 0 saturated heterocycles. The van der Waals surface area contributed by atoms with E-state index in [1.165, 1.54) is 0 Å². The Bertz CT molecular complexity index is 849. The van der Waals surface area contributed by atoms with E-state index < -0.39 is 0 Å². The summed E-state index contributed by atoms with van der Waals surface area (Å²) in [7, 11) is 1.77. The Kier molecular flexibility index (Phi) is 3.12. The minimum atomic E-state index is -0.297. The van der Waals surface area contributed by atoms with Gasteiger partial charge in [-0.1, -0.05) is 36.4 Å². The van der Waals surface area contributed by atoms with Crippen LogP contribution >= 0.6 is 11.6 Å². The van der Waals surface area contributed by atoms with Crippen LogP contribution in [0, 0.1) is 0 Å². The van der Waals surface area contributed by atoms with E-state index in [-0.39, 0.29) is 10.8 Å². The van der Waals surface area contributed by atoms with Gasteiger partial charge in [-0.25, -0.2) is 4.98 Å². The van der Waals surface area contributed by atoms with E-state index >= 15 is 0 Å². The molecule has 1 N–H and O–H groups in total. The van der Waals surface area contributed by atoms with Gasteiger partial charge < -0.3 is 4.57 Å². The number of aryl methyl sites for hydroxylation is 1. The van der Waals surface area contributed by atoms with Gasteiger partial charge in [-0.05, 0) is 23.2 Å². The van der Waals surface area contributed by atoms with Crippen molar-refractivity contribution in [2.45, 2.75) is 0 Å². The first-order valence-electron chi connectivity index (χ1n) is 6.00. The molecule has 3 aromatic rings. The highest BCUT2D eigenvalue weighted by Gasteiger charge is 2.11. The van der Waals surface area contributed by atoms with Crippen molar-refractivity contribution < 1.29 is 0 Å². The maximum absolute atomic E-state index is 11.8. The average Bonchev–Trinajstić information content (AvgIpc) is 2.74. The molecule has 0 saturated carbocycles. The molecule has 0 aliphatic carbocycles. The summed E-state index contributed by atoms with van der Waals surface area (Å²) in [5.74, 6) is 0.643. The second-order valence-corrected chi connectivity index (χ2v) is 4.66. The number of imidazole rings is 1.